The maximum absolute atomic E-state index is 12.2. The molecule has 7 nitrogen and oxygen atoms in total. The Labute approximate surface area is 170 Å². The molecule has 28 heavy (non-hydrogen) atoms. The molecular formula is C20H25ClN4O3. The first-order valence-electron chi connectivity index (χ1n) is 9.08. The van der Waals surface area contributed by atoms with Crippen LogP contribution in [-0.2, 0) is 4.79 Å². The Balaban J connectivity index is 0.00000280. The van der Waals surface area contributed by atoms with Gasteiger partial charge in [-0.25, -0.2) is 0 Å². The molecule has 3 N–H and O–H groups in total. The third-order valence-corrected chi connectivity index (χ3v) is 5.06. The van der Waals surface area contributed by atoms with E-state index < -0.39 is 4.92 Å². The first kappa shape index (κ1) is 21.8. The van der Waals surface area contributed by atoms with Gasteiger partial charge in [-0.3, -0.25) is 14.9 Å². The minimum atomic E-state index is -0.462. The highest BCUT2D eigenvalue weighted by molar-refractivity contribution is 5.90. The lowest BCUT2D eigenvalue weighted by molar-refractivity contribution is -0.384. The fourth-order valence-electron chi connectivity index (χ4n) is 3.61. The van der Waals surface area contributed by atoms with Crippen molar-refractivity contribution in [2.24, 2.45) is 11.7 Å². The Morgan fingerprint density at radius 1 is 1.14 bits per heavy atom. The number of nitrogens with two attached hydrogens (primary N) is 1. The second-order valence-electron chi connectivity index (χ2n) is 6.87. The van der Waals surface area contributed by atoms with Crippen molar-refractivity contribution in [1.82, 2.24) is 4.90 Å². The number of likely N-dealkylation sites (tertiary alicyclic amines) is 1. The van der Waals surface area contributed by atoms with E-state index in [0.717, 1.165) is 13.1 Å². The molecule has 1 amide bonds. The lowest BCUT2D eigenvalue weighted by atomic mass is 9.89. The lowest BCUT2D eigenvalue weighted by Crippen LogP contribution is -2.27. The summed E-state index contributed by atoms with van der Waals surface area (Å²) in [6, 6.07) is 16.2. The molecule has 1 aliphatic rings. The zero-order valence-corrected chi connectivity index (χ0v) is 16.3. The number of nitro benzene ring substituents is 1. The first-order valence-corrected chi connectivity index (χ1v) is 9.08. The van der Waals surface area contributed by atoms with Gasteiger partial charge in [-0.1, -0.05) is 30.3 Å². The lowest BCUT2D eigenvalue weighted by Gasteiger charge is -2.16. The van der Waals surface area contributed by atoms with E-state index in [2.05, 4.69) is 22.3 Å². The van der Waals surface area contributed by atoms with E-state index in [9.17, 15) is 14.9 Å². The van der Waals surface area contributed by atoms with Gasteiger partial charge in [-0.15, -0.1) is 12.4 Å². The molecule has 0 aliphatic carbocycles. The van der Waals surface area contributed by atoms with Crippen LogP contribution < -0.4 is 11.1 Å². The van der Waals surface area contributed by atoms with Crippen molar-refractivity contribution in [2.45, 2.75) is 12.3 Å². The summed E-state index contributed by atoms with van der Waals surface area (Å²) in [7, 11) is 0. The van der Waals surface area contributed by atoms with Crippen LogP contribution in [0.15, 0.2) is 54.6 Å². The number of halogens is 1. The second kappa shape index (κ2) is 10.2. The predicted octanol–water partition coefficient (Wildman–Crippen LogP) is 3.02. The molecule has 2 aromatic carbocycles. The van der Waals surface area contributed by atoms with Crippen LogP contribution in [0.25, 0.3) is 0 Å². The number of nitrogens with zero attached hydrogens (tertiary/aromatic N) is 2. The monoisotopic (exact) mass is 404 g/mol. The largest absolute Gasteiger partial charge is 0.330 e. The van der Waals surface area contributed by atoms with E-state index in [0.29, 0.717) is 37.0 Å². The summed E-state index contributed by atoms with van der Waals surface area (Å²) < 4.78 is 0. The number of nitrogens with one attached hydrogen (secondary N) is 1. The van der Waals surface area contributed by atoms with Crippen molar-refractivity contribution in [3.63, 3.8) is 0 Å². The van der Waals surface area contributed by atoms with Crippen LogP contribution in [0.2, 0.25) is 0 Å². The van der Waals surface area contributed by atoms with E-state index in [1.54, 1.807) is 12.1 Å². The van der Waals surface area contributed by atoms with Gasteiger partial charge in [0.25, 0.3) is 5.69 Å². The summed E-state index contributed by atoms with van der Waals surface area (Å²) in [6.07, 6.45) is 0.371. The van der Waals surface area contributed by atoms with E-state index >= 15 is 0 Å². The molecule has 1 fully saturated rings. The Bertz CT molecular complexity index is 786. The Hall–Kier alpha value is -2.48. The molecule has 1 aliphatic heterocycles. The minimum Gasteiger partial charge on any atom is -0.330 e. The molecule has 2 aromatic rings. The summed E-state index contributed by atoms with van der Waals surface area (Å²) in [5.41, 5.74) is 7.83. The van der Waals surface area contributed by atoms with Crippen LogP contribution in [0.4, 0.5) is 11.4 Å². The molecule has 1 heterocycles. The van der Waals surface area contributed by atoms with Gasteiger partial charge in [-0.2, -0.15) is 0 Å². The minimum absolute atomic E-state index is 0. The SMILES string of the molecule is Cl.NC[C@@H]1CN(CCC(=O)Nc2ccc([N+](=O)[O-])cc2)C[C@H]1c1ccccc1. The predicted molar refractivity (Wildman–Crippen MR) is 112 cm³/mol. The molecule has 3 rings (SSSR count). The van der Waals surface area contributed by atoms with Gasteiger partial charge >= 0.3 is 0 Å². The summed E-state index contributed by atoms with van der Waals surface area (Å²) in [6.45, 7) is 3.08. The molecule has 0 spiro atoms. The van der Waals surface area contributed by atoms with Gasteiger partial charge in [0.2, 0.25) is 5.91 Å². The molecule has 0 unspecified atom stereocenters. The second-order valence-corrected chi connectivity index (χ2v) is 6.87. The highest BCUT2D eigenvalue weighted by atomic mass is 35.5. The Morgan fingerprint density at radius 2 is 1.82 bits per heavy atom. The number of rotatable bonds is 7. The number of nitro groups is 1. The summed E-state index contributed by atoms with van der Waals surface area (Å²) >= 11 is 0. The van der Waals surface area contributed by atoms with Gasteiger partial charge in [0.1, 0.15) is 0 Å². The van der Waals surface area contributed by atoms with Crippen molar-refractivity contribution in [1.29, 1.82) is 0 Å². The van der Waals surface area contributed by atoms with Gasteiger partial charge in [0.05, 0.1) is 4.92 Å². The molecular weight excluding hydrogens is 380 g/mol. The highest BCUT2D eigenvalue weighted by Gasteiger charge is 2.32. The summed E-state index contributed by atoms with van der Waals surface area (Å²) in [5.74, 6) is 0.690. The number of amides is 1. The van der Waals surface area contributed by atoms with Crippen LogP contribution in [0, 0.1) is 16.0 Å². The van der Waals surface area contributed by atoms with E-state index in [1.807, 2.05) is 18.2 Å². The standard InChI is InChI=1S/C20H24N4O3.ClH/c21-12-16-13-23(14-19(16)15-4-2-1-3-5-15)11-10-20(25)22-17-6-8-18(9-7-17)24(26)27;/h1-9,16,19H,10-14,21H2,(H,22,25);1H/t16-,19+;/m1./s1. The van der Waals surface area contributed by atoms with Gasteiger partial charge in [0, 0.05) is 49.8 Å². The molecule has 0 saturated carbocycles. The zero-order chi connectivity index (χ0) is 19.2. The molecule has 2 atom stereocenters. The molecule has 0 aromatic heterocycles. The number of hydrogen-bond acceptors (Lipinski definition) is 5. The van der Waals surface area contributed by atoms with Crippen molar-refractivity contribution in [3.8, 4) is 0 Å². The van der Waals surface area contributed by atoms with Crippen LogP contribution in [-0.4, -0.2) is 41.9 Å². The summed E-state index contributed by atoms with van der Waals surface area (Å²) in [4.78, 5) is 24.7. The van der Waals surface area contributed by atoms with Crippen LogP contribution in [0.5, 0.6) is 0 Å². The average molecular weight is 405 g/mol. The van der Waals surface area contributed by atoms with Crippen molar-refractivity contribution < 1.29 is 9.72 Å². The number of anilines is 1. The van der Waals surface area contributed by atoms with Gasteiger partial charge < -0.3 is 16.0 Å². The fraction of sp³-hybridized carbons (Fsp3) is 0.350. The normalized spacial score (nSPS) is 19.0. The number of non-ortho nitro benzene ring substituents is 1. The van der Waals surface area contributed by atoms with Gasteiger partial charge in [0.15, 0.2) is 0 Å². The number of carbonyl (C=O) groups is 1. The third kappa shape index (κ3) is 5.51. The van der Waals surface area contributed by atoms with Gasteiger partial charge in [-0.05, 0) is 30.2 Å². The van der Waals surface area contributed by atoms with E-state index in [-0.39, 0.29) is 24.0 Å². The Morgan fingerprint density at radius 3 is 2.43 bits per heavy atom. The fourth-order valence-corrected chi connectivity index (χ4v) is 3.61. The van der Waals surface area contributed by atoms with E-state index in [1.165, 1.54) is 17.7 Å². The van der Waals surface area contributed by atoms with Crippen LogP contribution in [0.3, 0.4) is 0 Å². The van der Waals surface area contributed by atoms with Crippen molar-refractivity contribution in [2.75, 3.05) is 31.5 Å². The molecule has 8 heteroatoms. The molecule has 0 bridgehead atoms. The average Bonchev–Trinajstić information content (AvgIpc) is 3.11. The van der Waals surface area contributed by atoms with Crippen molar-refractivity contribution >= 4 is 29.7 Å². The Kier molecular flexibility index (Phi) is 7.92. The highest BCUT2D eigenvalue weighted by Crippen LogP contribution is 2.32. The third-order valence-electron chi connectivity index (χ3n) is 5.06. The van der Waals surface area contributed by atoms with Crippen LogP contribution >= 0.6 is 12.4 Å². The molecule has 0 radical (unpaired) electrons. The molecule has 150 valence electrons. The number of carbonyl (C=O) groups excluding carboxylic acids is 1. The summed E-state index contributed by atoms with van der Waals surface area (Å²) in [5, 5.41) is 13.5. The van der Waals surface area contributed by atoms with Crippen LogP contribution in [0.1, 0.15) is 17.9 Å². The zero-order valence-electron chi connectivity index (χ0n) is 15.5. The molecule has 1 saturated heterocycles. The van der Waals surface area contributed by atoms with Crippen molar-refractivity contribution in [3.05, 3.63) is 70.3 Å². The number of benzene rings is 2. The number of hydrogen-bond donors (Lipinski definition) is 2. The quantitative estimate of drug-likeness (QED) is 0.545. The van der Waals surface area contributed by atoms with E-state index in [4.69, 9.17) is 5.73 Å². The first-order chi connectivity index (χ1) is 13.1. The maximum atomic E-state index is 12.2. The smallest absolute Gasteiger partial charge is 0.269 e. The topological polar surface area (TPSA) is 102 Å². The maximum Gasteiger partial charge on any atom is 0.269 e.